The van der Waals surface area contributed by atoms with Crippen molar-refractivity contribution in [1.82, 2.24) is 20.0 Å². The van der Waals surface area contributed by atoms with E-state index in [2.05, 4.69) is 15.1 Å². The molecule has 2 heterocycles. The van der Waals surface area contributed by atoms with E-state index in [0.29, 0.717) is 19.6 Å². The van der Waals surface area contributed by atoms with Crippen LogP contribution in [0.2, 0.25) is 0 Å². The van der Waals surface area contributed by atoms with Gasteiger partial charge in [-0.15, -0.1) is 0 Å². The number of amides is 1. The van der Waals surface area contributed by atoms with Crippen LogP contribution in [0.25, 0.3) is 0 Å². The lowest BCUT2D eigenvalue weighted by molar-refractivity contribution is -0.141. The number of halogens is 3. The van der Waals surface area contributed by atoms with Gasteiger partial charge in [0, 0.05) is 31.4 Å². The first-order chi connectivity index (χ1) is 12.3. The van der Waals surface area contributed by atoms with Crippen molar-refractivity contribution in [3.63, 3.8) is 0 Å². The zero-order chi connectivity index (χ0) is 18.9. The molecule has 1 N–H and O–H groups in total. The Hall–Kier alpha value is -2.35. The van der Waals surface area contributed by atoms with Gasteiger partial charge in [0.05, 0.1) is 5.56 Å². The molecule has 1 unspecified atom stereocenters. The van der Waals surface area contributed by atoms with E-state index in [1.165, 1.54) is 11.8 Å². The molecule has 1 fully saturated rings. The number of hydrogen-bond acceptors (Lipinski definition) is 3. The van der Waals surface area contributed by atoms with E-state index in [9.17, 15) is 18.0 Å². The predicted molar refractivity (Wildman–Crippen MR) is 90.8 cm³/mol. The van der Waals surface area contributed by atoms with E-state index in [1.807, 2.05) is 37.4 Å². The molecule has 0 radical (unpaired) electrons. The lowest BCUT2D eigenvalue weighted by atomic mass is 10.0. The first-order valence-corrected chi connectivity index (χ1v) is 8.43. The third kappa shape index (κ3) is 3.75. The van der Waals surface area contributed by atoms with E-state index in [-0.39, 0.29) is 17.3 Å². The number of carbonyl (C=O) groups is 1. The maximum absolute atomic E-state index is 13.2. The van der Waals surface area contributed by atoms with Gasteiger partial charge in [0.2, 0.25) is 0 Å². The lowest BCUT2D eigenvalue weighted by Gasteiger charge is -2.39. The normalized spacial score (nSPS) is 19.0. The van der Waals surface area contributed by atoms with Crippen LogP contribution >= 0.6 is 0 Å². The number of H-pyrrole nitrogens is 1. The third-order valence-electron chi connectivity index (χ3n) is 4.81. The Kier molecular flexibility index (Phi) is 5.04. The Morgan fingerprint density at radius 1 is 1.27 bits per heavy atom. The van der Waals surface area contributed by atoms with E-state index in [4.69, 9.17) is 0 Å². The fourth-order valence-corrected chi connectivity index (χ4v) is 3.29. The average molecular weight is 366 g/mol. The van der Waals surface area contributed by atoms with E-state index in [1.54, 1.807) is 0 Å². The summed E-state index contributed by atoms with van der Waals surface area (Å²) < 4.78 is 39.5. The monoisotopic (exact) mass is 366 g/mol. The molecule has 1 aliphatic heterocycles. The van der Waals surface area contributed by atoms with Gasteiger partial charge < -0.3 is 4.90 Å². The first kappa shape index (κ1) is 18.4. The van der Waals surface area contributed by atoms with Gasteiger partial charge in [-0.25, -0.2) is 0 Å². The van der Waals surface area contributed by atoms with E-state index < -0.39 is 17.8 Å². The number of rotatable bonds is 3. The van der Waals surface area contributed by atoms with Crippen molar-refractivity contribution in [2.75, 3.05) is 26.7 Å². The summed E-state index contributed by atoms with van der Waals surface area (Å²) in [6.07, 6.45) is -3.93. The molecule has 0 aliphatic carbocycles. The molecule has 0 bridgehead atoms. The van der Waals surface area contributed by atoms with Crippen molar-refractivity contribution >= 4 is 5.91 Å². The third-order valence-corrected chi connectivity index (χ3v) is 4.81. The molecule has 0 spiro atoms. The topological polar surface area (TPSA) is 52.2 Å². The minimum Gasteiger partial charge on any atom is -0.336 e. The number of hydrogen-bond donors (Lipinski definition) is 1. The standard InChI is InChI=1S/C18H21F3N4O/c1-12-15(16(23-22-12)18(19,20)21)17(26)25-9-8-24(2)14(11-25)10-13-6-4-3-5-7-13/h3-7,14H,8-11H2,1-2H3,(H,22,23). The van der Waals surface area contributed by atoms with Crippen LogP contribution in [-0.2, 0) is 12.6 Å². The molecule has 1 aliphatic rings. The highest BCUT2D eigenvalue weighted by Crippen LogP contribution is 2.32. The number of aryl methyl sites for hydroxylation is 1. The molecule has 1 aromatic carbocycles. The van der Waals surface area contributed by atoms with Gasteiger partial charge in [-0.3, -0.25) is 14.8 Å². The predicted octanol–water partition coefficient (Wildman–Crippen LogP) is 2.74. The van der Waals surface area contributed by atoms with Gasteiger partial charge in [0.1, 0.15) is 0 Å². The molecule has 3 rings (SSSR count). The molecule has 2 aromatic rings. The maximum Gasteiger partial charge on any atom is 0.435 e. The van der Waals surface area contributed by atoms with Crippen LogP contribution in [0, 0.1) is 6.92 Å². The van der Waals surface area contributed by atoms with Crippen molar-refractivity contribution < 1.29 is 18.0 Å². The fraction of sp³-hybridized carbons (Fsp3) is 0.444. The number of alkyl halides is 3. The molecule has 8 heteroatoms. The molecule has 1 aromatic heterocycles. The van der Waals surface area contributed by atoms with Crippen LogP contribution in [0.4, 0.5) is 13.2 Å². The van der Waals surface area contributed by atoms with Crippen LogP contribution in [0.15, 0.2) is 30.3 Å². The summed E-state index contributed by atoms with van der Waals surface area (Å²) in [5, 5.41) is 5.59. The van der Waals surface area contributed by atoms with Crippen molar-refractivity contribution in [2.45, 2.75) is 25.6 Å². The van der Waals surface area contributed by atoms with Gasteiger partial charge in [-0.2, -0.15) is 18.3 Å². The zero-order valence-corrected chi connectivity index (χ0v) is 14.7. The van der Waals surface area contributed by atoms with Gasteiger partial charge >= 0.3 is 6.18 Å². The lowest BCUT2D eigenvalue weighted by Crippen LogP contribution is -2.54. The number of aromatic amines is 1. The number of likely N-dealkylation sites (N-methyl/N-ethyl adjacent to an activating group) is 1. The average Bonchev–Trinajstić information content (AvgIpc) is 2.99. The zero-order valence-electron chi connectivity index (χ0n) is 14.7. The number of nitrogens with zero attached hydrogens (tertiary/aromatic N) is 3. The number of aromatic nitrogens is 2. The van der Waals surface area contributed by atoms with Crippen molar-refractivity contribution in [3.8, 4) is 0 Å². The molecular weight excluding hydrogens is 345 g/mol. The fourth-order valence-electron chi connectivity index (χ4n) is 3.29. The van der Waals surface area contributed by atoms with Crippen LogP contribution < -0.4 is 0 Å². The molecule has 26 heavy (non-hydrogen) atoms. The highest BCUT2D eigenvalue weighted by atomic mass is 19.4. The molecule has 5 nitrogen and oxygen atoms in total. The molecule has 1 atom stereocenters. The summed E-state index contributed by atoms with van der Waals surface area (Å²) >= 11 is 0. The number of piperazine rings is 1. The van der Waals surface area contributed by atoms with Gasteiger partial charge in [-0.05, 0) is 26.0 Å². The smallest absolute Gasteiger partial charge is 0.336 e. The van der Waals surface area contributed by atoms with E-state index in [0.717, 1.165) is 12.0 Å². The highest BCUT2D eigenvalue weighted by Gasteiger charge is 2.41. The highest BCUT2D eigenvalue weighted by molar-refractivity contribution is 5.96. The summed E-state index contributed by atoms with van der Waals surface area (Å²) in [6.45, 7) is 2.82. The summed E-state index contributed by atoms with van der Waals surface area (Å²) in [4.78, 5) is 16.4. The summed E-state index contributed by atoms with van der Waals surface area (Å²) in [5.41, 5.74) is -0.242. The number of carbonyl (C=O) groups excluding carboxylic acids is 1. The second-order valence-electron chi connectivity index (χ2n) is 6.65. The summed E-state index contributed by atoms with van der Waals surface area (Å²) in [5.74, 6) is -0.616. The Morgan fingerprint density at radius 3 is 2.62 bits per heavy atom. The molecule has 0 saturated carbocycles. The Bertz CT molecular complexity index is 772. The van der Waals surface area contributed by atoms with Crippen molar-refractivity contribution in [3.05, 3.63) is 52.8 Å². The molecule has 1 amide bonds. The SMILES string of the molecule is Cc1[nH]nc(C(F)(F)F)c1C(=O)N1CCN(C)C(Cc2ccccc2)C1. The minimum absolute atomic E-state index is 0.0524. The molecule has 1 saturated heterocycles. The number of nitrogens with one attached hydrogen (secondary N) is 1. The van der Waals surface area contributed by atoms with Crippen LogP contribution in [-0.4, -0.2) is 58.6 Å². The second kappa shape index (κ2) is 7.11. The summed E-state index contributed by atoms with van der Waals surface area (Å²) in [7, 11) is 1.97. The summed E-state index contributed by atoms with van der Waals surface area (Å²) in [6, 6.07) is 9.91. The minimum atomic E-state index is -4.66. The molecular formula is C18H21F3N4O. The van der Waals surface area contributed by atoms with Crippen LogP contribution in [0.5, 0.6) is 0 Å². The van der Waals surface area contributed by atoms with E-state index >= 15 is 0 Å². The van der Waals surface area contributed by atoms with Gasteiger partial charge in [-0.1, -0.05) is 30.3 Å². The first-order valence-electron chi connectivity index (χ1n) is 8.43. The second-order valence-corrected chi connectivity index (χ2v) is 6.65. The van der Waals surface area contributed by atoms with Gasteiger partial charge in [0.25, 0.3) is 5.91 Å². The number of benzene rings is 1. The largest absolute Gasteiger partial charge is 0.435 e. The van der Waals surface area contributed by atoms with Crippen LogP contribution in [0.3, 0.4) is 0 Å². The Morgan fingerprint density at radius 2 is 1.96 bits per heavy atom. The Labute approximate surface area is 149 Å². The van der Waals surface area contributed by atoms with Crippen molar-refractivity contribution in [2.24, 2.45) is 0 Å². The van der Waals surface area contributed by atoms with Gasteiger partial charge in [0.15, 0.2) is 5.69 Å². The quantitative estimate of drug-likeness (QED) is 0.909. The van der Waals surface area contributed by atoms with Crippen molar-refractivity contribution in [1.29, 1.82) is 0 Å². The Balaban J connectivity index is 1.80. The van der Waals surface area contributed by atoms with Crippen LogP contribution in [0.1, 0.15) is 27.3 Å². The maximum atomic E-state index is 13.2. The molecule has 140 valence electrons.